The second-order valence-electron chi connectivity index (χ2n) is 4.99. The third-order valence-corrected chi connectivity index (χ3v) is 5.89. The van der Waals surface area contributed by atoms with Gasteiger partial charge in [0.05, 0.1) is 0 Å². The Morgan fingerprint density at radius 3 is 2.36 bits per heavy atom. The summed E-state index contributed by atoms with van der Waals surface area (Å²) in [7, 11) is 3.38. The van der Waals surface area contributed by atoms with Crippen molar-refractivity contribution in [3.63, 3.8) is 0 Å². The van der Waals surface area contributed by atoms with E-state index < -0.39 is 6.10 Å². The standard InChI is InChI=1S/C18H22O3Se/c1-13(19)18-15(20-2)10-7-11-17(18)22-12-16(21-3)14-8-5-4-6-9-14/h4-11,13,16,19H,12H2,1-3H3/t13-,16-/m0/s1. The Morgan fingerprint density at radius 2 is 1.77 bits per heavy atom. The second kappa shape index (κ2) is 8.35. The fourth-order valence-electron chi connectivity index (χ4n) is 2.37. The zero-order valence-corrected chi connectivity index (χ0v) is 14.9. The van der Waals surface area contributed by atoms with Gasteiger partial charge in [-0.3, -0.25) is 0 Å². The minimum absolute atomic E-state index is 0.0780. The van der Waals surface area contributed by atoms with Gasteiger partial charge in [0.1, 0.15) is 0 Å². The minimum atomic E-state index is -0.536. The van der Waals surface area contributed by atoms with Crippen molar-refractivity contribution in [1.29, 1.82) is 0 Å². The van der Waals surface area contributed by atoms with E-state index in [-0.39, 0.29) is 21.1 Å². The fourth-order valence-corrected chi connectivity index (χ4v) is 5.02. The maximum atomic E-state index is 10.1. The van der Waals surface area contributed by atoms with Gasteiger partial charge in [0.2, 0.25) is 0 Å². The van der Waals surface area contributed by atoms with Gasteiger partial charge in [-0.15, -0.1) is 0 Å². The van der Waals surface area contributed by atoms with E-state index in [4.69, 9.17) is 9.47 Å². The maximum absolute atomic E-state index is 10.1. The van der Waals surface area contributed by atoms with Crippen molar-refractivity contribution in [2.75, 3.05) is 14.2 Å². The number of ether oxygens (including phenoxy) is 2. The number of aliphatic hydroxyl groups is 1. The second-order valence-corrected chi connectivity index (χ2v) is 7.22. The molecule has 3 nitrogen and oxygen atoms in total. The van der Waals surface area contributed by atoms with Crippen molar-refractivity contribution in [3.05, 3.63) is 59.7 Å². The molecule has 0 heterocycles. The molecule has 0 amide bonds. The molecule has 0 fully saturated rings. The van der Waals surface area contributed by atoms with Crippen LogP contribution in [-0.4, -0.2) is 34.3 Å². The van der Waals surface area contributed by atoms with Crippen LogP contribution >= 0.6 is 0 Å². The molecule has 0 saturated heterocycles. The van der Waals surface area contributed by atoms with Crippen molar-refractivity contribution >= 4 is 19.4 Å². The number of hydrogen-bond acceptors (Lipinski definition) is 3. The zero-order valence-electron chi connectivity index (χ0n) is 13.2. The van der Waals surface area contributed by atoms with Crippen molar-refractivity contribution in [1.82, 2.24) is 0 Å². The molecule has 0 aliphatic heterocycles. The fraction of sp³-hybridized carbons (Fsp3) is 0.333. The molecule has 0 unspecified atom stereocenters. The molecule has 118 valence electrons. The summed E-state index contributed by atoms with van der Waals surface area (Å²) in [6.07, 6.45) is -0.458. The molecule has 2 atom stereocenters. The van der Waals surface area contributed by atoms with E-state index in [1.165, 1.54) is 10.0 Å². The van der Waals surface area contributed by atoms with Crippen molar-refractivity contribution in [2.45, 2.75) is 24.5 Å². The first-order valence-corrected chi connectivity index (χ1v) is 9.29. The van der Waals surface area contributed by atoms with Crippen LogP contribution in [0.5, 0.6) is 5.75 Å². The van der Waals surface area contributed by atoms with Crippen LogP contribution in [0.3, 0.4) is 0 Å². The number of hydrogen-bond donors (Lipinski definition) is 1. The van der Waals surface area contributed by atoms with Crippen LogP contribution in [0.15, 0.2) is 48.5 Å². The van der Waals surface area contributed by atoms with Crippen LogP contribution in [-0.2, 0) is 4.74 Å². The summed E-state index contributed by atoms with van der Waals surface area (Å²) in [6, 6.07) is 16.2. The molecular weight excluding hydrogens is 343 g/mol. The summed E-state index contributed by atoms with van der Waals surface area (Å²) in [5, 5.41) is 11.0. The molecule has 22 heavy (non-hydrogen) atoms. The van der Waals surface area contributed by atoms with Gasteiger partial charge in [0, 0.05) is 0 Å². The van der Waals surface area contributed by atoms with E-state index in [1.807, 2.05) is 30.3 Å². The molecule has 2 aromatic rings. The summed E-state index contributed by atoms with van der Waals surface area (Å²) in [5.41, 5.74) is 2.08. The molecule has 0 bridgehead atoms. The van der Waals surface area contributed by atoms with Gasteiger partial charge >= 0.3 is 138 Å². The van der Waals surface area contributed by atoms with E-state index >= 15 is 0 Å². The number of aliphatic hydroxyl groups excluding tert-OH is 1. The van der Waals surface area contributed by atoms with Gasteiger partial charge in [-0.25, -0.2) is 0 Å². The van der Waals surface area contributed by atoms with Crippen LogP contribution < -0.4 is 9.20 Å². The molecule has 0 radical (unpaired) electrons. The van der Waals surface area contributed by atoms with Gasteiger partial charge in [-0.05, 0) is 0 Å². The summed E-state index contributed by atoms with van der Waals surface area (Å²) < 4.78 is 12.2. The van der Waals surface area contributed by atoms with Gasteiger partial charge in [0.25, 0.3) is 0 Å². The topological polar surface area (TPSA) is 38.7 Å². The van der Waals surface area contributed by atoms with Crippen molar-refractivity contribution in [3.8, 4) is 5.75 Å². The molecule has 4 heteroatoms. The Bertz CT molecular complexity index is 584. The summed E-state index contributed by atoms with van der Waals surface area (Å²) in [5.74, 6) is 0.753. The van der Waals surface area contributed by atoms with Crippen LogP contribution in [0.2, 0.25) is 5.32 Å². The Kier molecular flexibility index (Phi) is 6.47. The Labute approximate surface area is 138 Å². The van der Waals surface area contributed by atoms with E-state index in [1.54, 1.807) is 21.1 Å². The van der Waals surface area contributed by atoms with E-state index in [0.717, 1.165) is 16.6 Å². The van der Waals surface area contributed by atoms with E-state index in [2.05, 4.69) is 18.2 Å². The van der Waals surface area contributed by atoms with Crippen molar-refractivity contribution in [2.24, 2.45) is 0 Å². The zero-order chi connectivity index (χ0) is 15.9. The third-order valence-electron chi connectivity index (χ3n) is 3.51. The third kappa shape index (κ3) is 4.11. The molecule has 2 rings (SSSR count). The first-order valence-electron chi connectivity index (χ1n) is 7.22. The monoisotopic (exact) mass is 366 g/mol. The van der Waals surface area contributed by atoms with Gasteiger partial charge in [-0.2, -0.15) is 0 Å². The summed E-state index contributed by atoms with van der Waals surface area (Å²) in [6.45, 7) is 1.78. The van der Waals surface area contributed by atoms with E-state index in [9.17, 15) is 5.11 Å². The number of rotatable bonds is 7. The average molecular weight is 365 g/mol. The molecule has 2 aromatic carbocycles. The Balaban J connectivity index is 2.17. The Morgan fingerprint density at radius 1 is 1.05 bits per heavy atom. The van der Waals surface area contributed by atoms with Gasteiger partial charge in [0.15, 0.2) is 0 Å². The molecule has 1 N–H and O–H groups in total. The first kappa shape index (κ1) is 17.0. The number of methoxy groups -OCH3 is 2. The van der Waals surface area contributed by atoms with Crippen LogP contribution in [0.4, 0.5) is 0 Å². The predicted octanol–water partition coefficient (Wildman–Crippen LogP) is 2.88. The molecule has 0 aliphatic carbocycles. The molecule has 0 spiro atoms. The quantitative estimate of drug-likeness (QED) is 0.767. The first-order chi connectivity index (χ1) is 10.7. The van der Waals surface area contributed by atoms with E-state index in [0.29, 0.717) is 0 Å². The van der Waals surface area contributed by atoms with Crippen LogP contribution in [0.1, 0.15) is 30.3 Å². The van der Waals surface area contributed by atoms with Crippen LogP contribution in [0, 0.1) is 0 Å². The molecule has 0 aliphatic rings. The van der Waals surface area contributed by atoms with Crippen LogP contribution in [0.25, 0.3) is 0 Å². The van der Waals surface area contributed by atoms with Gasteiger partial charge in [-0.1, -0.05) is 0 Å². The predicted molar refractivity (Wildman–Crippen MR) is 90.0 cm³/mol. The Hall–Kier alpha value is -1.32. The molecular formula is C18H22O3Se. The normalized spacial score (nSPS) is 13.6. The molecule has 0 saturated carbocycles. The van der Waals surface area contributed by atoms with Gasteiger partial charge < -0.3 is 0 Å². The summed E-state index contributed by atoms with van der Waals surface area (Å²) >= 11 is 0.192. The average Bonchev–Trinajstić information content (AvgIpc) is 2.55. The molecule has 0 aromatic heterocycles. The number of benzene rings is 2. The van der Waals surface area contributed by atoms with Crippen molar-refractivity contribution < 1.29 is 14.6 Å². The summed E-state index contributed by atoms with van der Waals surface area (Å²) in [4.78, 5) is 0. The SMILES string of the molecule is COc1cccc([Se]C[C@H](OC)c2ccccc2)c1[C@H](C)O.